The lowest BCUT2D eigenvalue weighted by molar-refractivity contribution is 0.0215. The van der Waals surface area contributed by atoms with Crippen LogP contribution in [0.4, 0.5) is 10.1 Å². The summed E-state index contributed by atoms with van der Waals surface area (Å²) in [5.41, 5.74) is -0.154. The van der Waals surface area contributed by atoms with Crippen LogP contribution in [0, 0.1) is 17.7 Å². The lowest BCUT2D eigenvalue weighted by Gasteiger charge is -2.25. The number of carboxylic acids is 1. The van der Waals surface area contributed by atoms with Gasteiger partial charge in [0, 0.05) is 24.9 Å². The molecule has 37 heavy (non-hydrogen) atoms. The van der Waals surface area contributed by atoms with Crippen molar-refractivity contribution in [2.45, 2.75) is 43.1 Å². The molecular weight excluding hydrogens is 499 g/mol. The van der Waals surface area contributed by atoms with Gasteiger partial charge in [0.15, 0.2) is 0 Å². The van der Waals surface area contributed by atoms with E-state index < -0.39 is 27.4 Å². The average molecular weight is 531 g/mol. The molecule has 3 N–H and O–H groups in total. The molecule has 1 saturated heterocycles. The third-order valence-corrected chi connectivity index (χ3v) is 9.04. The molecule has 2 heterocycles. The first-order valence-corrected chi connectivity index (χ1v) is 13.9. The predicted octanol–water partition coefficient (Wildman–Crippen LogP) is 3.93. The summed E-state index contributed by atoms with van der Waals surface area (Å²) in [6.45, 7) is 6.03. The molecule has 0 radical (unpaired) electrons. The van der Waals surface area contributed by atoms with E-state index in [1.54, 1.807) is 32.1 Å². The minimum absolute atomic E-state index is 0.0978. The van der Waals surface area contributed by atoms with Gasteiger partial charge in [-0.05, 0) is 74.5 Å². The van der Waals surface area contributed by atoms with Gasteiger partial charge in [0.2, 0.25) is 0 Å². The number of carbonyl (C=O) groups is 1. The minimum atomic E-state index is -4.26. The van der Waals surface area contributed by atoms with Gasteiger partial charge in [0.25, 0.3) is 10.0 Å². The van der Waals surface area contributed by atoms with Gasteiger partial charge in [0.1, 0.15) is 17.1 Å². The van der Waals surface area contributed by atoms with Crippen molar-refractivity contribution in [2.75, 3.05) is 31.0 Å². The number of aromatic carboxylic acids is 1. The molecule has 0 amide bonds. The number of fused-ring (bicyclic) bond motifs is 3. The summed E-state index contributed by atoms with van der Waals surface area (Å²) in [6.07, 6.45) is 5.11. The Morgan fingerprint density at radius 2 is 2.08 bits per heavy atom. The summed E-state index contributed by atoms with van der Waals surface area (Å²) in [5, 5.41) is 20.1. The van der Waals surface area contributed by atoms with Crippen molar-refractivity contribution < 1.29 is 32.6 Å². The van der Waals surface area contributed by atoms with Crippen LogP contribution in [0.2, 0.25) is 0 Å². The topological polar surface area (TPSA) is 116 Å². The van der Waals surface area contributed by atoms with Gasteiger partial charge in [-0.2, -0.15) is 0 Å². The summed E-state index contributed by atoms with van der Waals surface area (Å²) in [5.74, 6) is -0.898. The minimum Gasteiger partial charge on any atom is -0.492 e. The van der Waals surface area contributed by atoms with Gasteiger partial charge >= 0.3 is 5.97 Å². The number of nitrogens with one attached hydrogen (secondary N) is 1. The van der Waals surface area contributed by atoms with Crippen molar-refractivity contribution in [1.82, 2.24) is 4.90 Å². The zero-order valence-corrected chi connectivity index (χ0v) is 21.6. The molecule has 8 nitrogen and oxygen atoms in total. The monoisotopic (exact) mass is 530 g/mol. The van der Waals surface area contributed by atoms with Gasteiger partial charge in [-0.15, -0.1) is 0 Å². The molecule has 5 rings (SSSR count). The van der Waals surface area contributed by atoms with Crippen molar-refractivity contribution in [2.24, 2.45) is 11.8 Å². The first-order valence-electron chi connectivity index (χ1n) is 12.4. The Labute approximate surface area is 215 Å². The molecule has 3 atom stereocenters. The molecule has 1 aliphatic carbocycles. The second kappa shape index (κ2) is 9.41. The van der Waals surface area contributed by atoms with Gasteiger partial charge in [-0.1, -0.05) is 18.2 Å². The number of halogens is 1. The number of anilines is 1. The Morgan fingerprint density at radius 1 is 1.30 bits per heavy atom. The molecule has 0 bridgehead atoms. The lowest BCUT2D eigenvalue weighted by atomic mass is 9.90. The summed E-state index contributed by atoms with van der Waals surface area (Å²) < 4.78 is 49.0. The van der Waals surface area contributed by atoms with E-state index in [1.807, 2.05) is 0 Å². The van der Waals surface area contributed by atoms with Gasteiger partial charge in [0.05, 0.1) is 22.8 Å². The lowest BCUT2D eigenvalue weighted by Crippen LogP contribution is -2.33. The van der Waals surface area contributed by atoms with E-state index in [9.17, 15) is 27.8 Å². The van der Waals surface area contributed by atoms with Crippen molar-refractivity contribution >= 4 is 27.8 Å². The molecule has 2 aliphatic heterocycles. The van der Waals surface area contributed by atoms with Crippen molar-refractivity contribution in [3.63, 3.8) is 0 Å². The van der Waals surface area contributed by atoms with E-state index in [4.69, 9.17) is 4.74 Å². The zero-order valence-electron chi connectivity index (χ0n) is 20.8. The number of carboxylic acid groups (broad SMARTS) is 1. The Bertz CT molecular complexity index is 1370. The molecule has 198 valence electrons. The third-order valence-electron chi connectivity index (χ3n) is 7.60. The summed E-state index contributed by atoms with van der Waals surface area (Å²) in [4.78, 5) is 14.1. The van der Waals surface area contributed by atoms with E-state index in [1.165, 1.54) is 12.1 Å². The summed E-state index contributed by atoms with van der Waals surface area (Å²) in [7, 11) is -4.26. The molecule has 1 saturated carbocycles. The van der Waals surface area contributed by atoms with Crippen LogP contribution >= 0.6 is 0 Å². The number of hydrogen-bond donors (Lipinski definition) is 3. The highest BCUT2D eigenvalue weighted by Gasteiger charge is 2.45. The Morgan fingerprint density at radius 3 is 2.78 bits per heavy atom. The highest BCUT2D eigenvalue weighted by molar-refractivity contribution is 7.92. The number of rotatable bonds is 8. The average Bonchev–Trinajstić information content (AvgIpc) is 3.45. The Balaban J connectivity index is 1.39. The van der Waals surface area contributed by atoms with E-state index in [0.29, 0.717) is 25.6 Å². The van der Waals surface area contributed by atoms with Crippen molar-refractivity contribution in [3.8, 4) is 5.75 Å². The smallest absolute Gasteiger partial charge is 0.341 e. The standard InChI is InChI=1S/C27H31FN2O6S/c1-27(2,33)18-9-11-30(14-18)10-3-4-16-12-19(28)5-8-23(16)37(34,35)29-22-7-6-20-21-13-17(21)15-36-25(20)24(22)26(31)32/h3-8,12,17-18,21,29,33H,9-11,13-15H2,1-2H3,(H,31,32)/b4-3-/t17-,18+,21-/m0/s1. The number of sulfonamides is 1. The van der Waals surface area contributed by atoms with Crippen LogP contribution in [0.15, 0.2) is 41.3 Å². The number of ether oxygens (including phenoxy) is 1. The van der Waals surface area contributed by atoms with E-state index in [2.05, 4.69) is 9.62 Å². The van der Waals surface area contributed by atoms with Crippen LogP contribution in [0.3, 0.4) is 0 Å². The van der Waals surface area contributed by atoms with E-state index >= 15 is 0 Å². The quantitative estimate of drug-likeness (QED) is 0.474. The largest absolute Gasteiger partial charge is 0.492 e. The number of benzene rings is 2. The van der Waals surface area contributed by atoms with Crippen LogP contribution in [0.25, 0.3) is 6.08 Å². The van der Waals surface area contributed by atoms with Gasteiger partial charge in [-0.3, -0.25) is 9.62 Å². The fourth-order valence-corrected chi connectivity index (χ4v) is 6.60. The molecular formula is C27H31FN2O6S. The maximum absolute atomic E-state index is 14.1. The molecule has 2 fully saturated rings. The molecule has 0 aromatic heterocycles. The molecule has 10 heteroatoms. The van der Waals surface area contributed by atoms with Gasteiger partial charge in [-0.25, -0.2) is 17.6 Å². The van der Waals surface area contributed by atoms with Crippen LogP contribution in [0.5, 0.6) is 5.75 Å². The first kappa shape index (κ1) is 25.7. The molecule has 0 unspecified atom stereocenters. The fraction of sp³-hybridized carbons (Fsp3) is 0.444. The number of aliphatic hydroxyl groups is 1. The third kappa shape index (κ3) is 5.23. The van der Waals surface area contributed by atoms with Crippen molar-refractivity contribution in [3.05, 3.63) is 58.9 Å². The van der Waals surface area contributed by atoms with Crippen LogP contribution < -0.4 is 9.46 Å². The van der Waals surface area contributed by atoms with Crippen LogP contribution in [0.1, 0.15) is 54.1 Å². The molecule has 3 aliphatic rings. The van der Waals surface area contributed by atoms with Crippen LogP contribution in [-0.4, -0.2) is 61.3 Å². The highest BCUT2D eigenvalue weighted by atomic mass is 32.2. The van der Waals surface area contributed by atoms with E-state index in [0.717, 1.165) is 37.1 Å². The molecule has 0 spiro atoms. The predicted molar refractivity (Wildman–Crippen MR) is 137 cm³/mol. The molecule has 2 aromatic carbocycles. The molecule has 2 aromatic rings. The maximum Gasteiger partial charge on any atom is 0.341 e. The second-order valence-corrected chi connectivity index (χ2v) is 12.4. The first-order chi connectivity index (χ1) is 17.4. The Hall–Kier alpha value is -2.95. The summed E-state index contributed by atoms with van der Waals surface area (Å²) >= 11 is 0. The number of nitrogens with zero attached hydrogens (tertiary/aromatic N) is 1. The maximum atomic E-state index is 14.1. The number of likely N-dealkylation sites (tertiary alicyclic amines) is 1. The summed E-state index contributed by atoms with van der Waals surface area (Å²) in [6, 6.07) is 6.53. The number of hydrogen-bond acceptors (Lipinski definition) is 6. The SMILES string of the molecule is CC(C)(O)[C@@H]1CCN(C/C=C\c2cc(F)ccc2S(=O)(=O)Nc2ccc3c(c2C(=O)O)OC[C@@H]2C[C@H]32)C1. The van der Waals surface area contributed by atoms with Crippen LogP contribution in [-0.2, 0) is 10.0 Å². The van der Waals surface area contributed by atoms with Gasteiger partial charge < -0.3 is 14.9 Å². The highest BCUT2D eigenvalue weighted by Crippen LogP contribution is 2.55. The Kier molecular flexibility index (Phi) is 6.54. The second-order valence-electron chi connectivity index (χ2n) is 10.7. The fourth-order valence-electron chi connectivity index (χ4n) is 5.34. The zero-order chi connectivity index (χ0) is 26.5. The normalized spacial score (nSPS) is 23.4. The van der Waals surface area contributed by atoms with Crippen molar-refractivity contribution in [1.29, 1.82) is 0 Å². The van der Waals surface area contributed by atoms with E-state index in [-0.39, 0.29) is 39.3 Å².